The van der Waals surface area contributed by atoms with Crippen molar-refractivity contribution in [2.45, 2.75) is 39.5 Å². The van der Waals surface area contributed by atoms with E-state index in [1.54, 1.807) is 0 Å². The van der Waals surface area contributed by atoms with Gasteiger partial charge in [-0.25, -0.2) is 0 Å². The van der Waals surface area contributed by atoms with Gasteiger partial charge in [0.2, 0.25) is 0 Å². The van der Waals surface area contributed by atoms with E-state index in [2.05, 4.69) is 0 Å². The van der Waals surface area contributed by atoms with Gasteiger partial charge in [-0.3, -0.25) is 8.42 Å². The topological polar surface area (TPSA) is 80.3 Å². The zero-order valence-corrected chi connectivity index (χ0v) is 14.0. The van der Waals surface area contributed by atoms with Gasteiger partial charge in [0.25, 0.3) is 0 Å². The Bertz CT molecular complexity index is 149. The van der Waals surface area contributed by atoms with E-state index in [0.717, 1.165) is 25.7 Å². The van der Waals surface area contributed by atoms with Crippen LogP contribution < -0.4 is 0 Å². The summed E-state index contributed by atoms with van der Waals surface area (Å²) >= 11 is -3.63. The molecule has 4 nitrogen and oxygen atoms in total. The van der Waals surface area contributed by atoms with E-state index in [0.29, 0.717) is 11.5 Å². The van der Waals surface area contributed by atoms with E-state index in [1.165, 1.54) is 0 Å². The molecule has 0 saturated heterocycles. The molecule has 0 aromatic rings. The van der Waals surface area contributed by atoms with Crippen LogP contribution in [0.15, 0.2) is 0 Å². The summed E-state index contributed by atoms with van der Waals surface area (Å²) in [6.07, 6.45) is 3.48. The molecule has 0 N–H and O–H groups in total. The minimum Gasteiger partial charge on any atom is -0.772 e. The molecule has 0 amide bonds. The third-order valence-corrected chi connectivity index (χ3v) is 2.57. The van der Waals surface area contributed by atoms with Crippen LogP contribution in [0.3, 0.4) is 0 Å². The smallest absolute Gasteiger partial charge is 0.772 e. The van der Waals surface area contributed by atoms with Gasteiger partial charge in [0, 0.05) is 11.5 Å². The first-order valence-corrected chi connectivity index (χ1v) is 7.15. The zero-order valence-electron chi connectivity index (χ0n) is 9.40. The molecular formula is C8H18O4S2Zn. The fraction of sp³-hybridized carbons (Fsp3) is 1.00. The summed E-state index contributed by atoms with van der Waals surface area (Å²) in [5.74, 6) is 0.632. The fourth-order valence-electron chi connectivity index (χ4n) is 0.524. The first kappa shape index (κ1) is 21.2. The molecule has 0 saturated carbocycles. The summed E-state index contributed by atoms with van der Waals surface area (Å²) < 4.78 is 39.0. The van der Waals surface area contributed by atoms with Crippen molar-refractivity contribution in [1.29, 1.82) is 0 Å². The molecule has 0 aromatic carbocycles. The predicted molar refractivity (Wildman–Crippen MR) is 57.4 cm³/mol. The maximum atomic E-state index is 9.76. The Kier molecular flexibility index (Phi) is 24.3. The summed E-state index contributed by atoms with van der Waals surface area (Å²) in [4.78, 5) is 0. The third kappa shape index (κ3) is 31.3. The molecule has 0 aliphatic heterocycles. The summed E-state index contributed by atoms with van der Waals surface area (Å²) in [6, 6.07) is 0. The van der Waals surface area contributed by atoms with Crippen LogP contribution in [0.4, 0.5) is 0 Å². The number of unbranched alkanes of at least 4 members (excludes halogenated alkanes) is 2. The molecule has 2 atom stereocenters. The second-order valence-corrected chi connectivity index (χ2v) is 4.75. The molecule has 0 fully saturated rings. The van der Waals surface area contributed by atoms with E-state index < -0.39 is 22.2 Å². The molecule has 0 radical (unpaired) electrons. The Hall–Kier alpha value is 0.843. The van der Waals surface area contributed by atoms with Crippen molar-refractivity contribution >= 4 is 22.2 Å². The monoisotopic (exact) mass is 306 g/mol. The first-order chi connectivity index (χ1) is 6.54. The van der Waals surface area contributed by atoms with Crippen molar-refractivity contribution in [2.24, 2.45) is 0 Å². The summed E-state index contributed by atoms with van der Waals surface area (Å²) in [7, 11) is 0. The number of hydrogen-bond donors (Lipinski definition) is 0. The predicted octanol–water partition coefficient (Wildman–Crippen LogP) is 1.33. The Morgan fingerprint density at radius 2 is 1.13 bits per heavy atom. The number of hydrogen-bond acceptors (Lipinski definition) is 4. The molecule has 88 valence electrons. The molecule has 2 unspecified atom stereocenters. The molecule has 0 aliphatic carbocycles. The SMILES string of the molecule is CCCCS(=O)[O-].CCCCS(=O)[O-].[Zn+2]. The van der Waals surface area contributed by atoms with Crippen LogP contribution in [0.1, 0.15) is 39.5 Å². The van der Waals surface area contributed by atoms with Gasteiger partial charge in [0.15, 0.2) is 0 Å². The van der Waals surface area contributed by atoms with Gasteiger partial charge in [-0.1, -0.05) is 48.9 Å². The van der Waals surface area contributed by atoms with Crippen molar-refractivity contribution in [1.82, 2.24) is 0 Å². The zero-order chi connectivity index (χ0) is 11.4. The molecule has 0 rings (SSSR count). The summed E-state index contributed by atoms with van der Waals surface area (Å²) in [6.45, 7) is 3.93. The van der Waals surface area contributed by atoms with Crippen LogP contribution >= 0.6 is 0 Å². The van der Waals surface area contributed by atoms with E-state index in [4.69, 9.17) is 0 Å². The average molecular weight is 308 g/mol. The Morgan fingerprint density at radius 3 is 1.20 bits per heavy atom. The van der Waals surface area contributed by atoms with Crippen molar-refractivity contribution < 1.29 is 37.0 Å². The maximum absolute atomic E-state index is 9.76. The minimum atomic E-state index is -1.82. The number of rotatable bonds is 6. The molecule has 0 bridgehead atoms. The first-order valence-electron chi connectivity index (χ1n) is 4.66. The average Bonchev–Trinajstić information content (AvgIpc) is 2.12. The largest absolute Gasteiger partial charge is 2.00 e. The van der Waals surface area contributed by atoms with Crippen molar-refractivity contribution in [3.63, 3.8) is 0 Å². The van der Waals surface area contributed by atoms with E-state index in [1.807, 2.05) is 13.8 Å². The van der Waals surface area contributed by atoms with Crippen LogP contribution in [0.5, 0.6) is 0 Å². The molecule has 0 heterocycles. The standard InChI is InChI=1S/2C4H10O2S.Zn/c2*1-2-3-4-7(5)6;/h2*2-4H2,1H3,(H,5,6);/q;;+2/p-2. The van der Waals surface area contributed by atoms with Crippen LogP contribution in [0.2, 0.25) is 0 Å². The van der Waals surface area contributed by atoms with Gasteiger partial charge in [-0.2, -0.15) is 0 Å². The molecular weight excluding hydrogens is 290 g/mol. The Morgan fingerprint density at radius 1 is 0.867 bits per heavy atom. The molecule has 0 spiro atoms. The second-order valence-electron chi connectivity index (χ2n) is 2.72. The van der Waals surface area contributed by atoms with Crippen LogP contribution in [0, 0.1) is 0 Å². The van der Waals surface area contributed by atoms with Crippen molar-refractivity contribution in [2.75, 3.05) is 11.5 Å². The van der Waals surface area contributed by atoms with Gasteiger partial charge < -0.3 is 9.11 Å². The van der Waals surface area contributed by atoms with Crippen molar-refractivity contribution in [3.8, 4) is 0 Å². The van der Waals surface area contributed by atoms with Crippen LogP contribution in [-0.2, 0) is 41.6 Å². The van der Waals surface area contributed by atoms with Crippen molar-refractivity contribution in [3.05, 3.63) is 0 Å². The van der Waals surface area contributed by atoms with E-state index in [-0.39, 0.29) is 19.5 Å². The van der Waals surface area contributed by atoms with Gasteiger partial charge in [0.1, 0.15) is 0 Å². The van der Waals surface area contributed by atoms with E-state index in [9.17, 15) is 17.5 Å². The van der Waals surface area contributed by atoms with Crippen LogP contribution in [0.25, 0.3) is 0 Å². The Balaban J connectivity index is -0.000000180. The summed E-state index contributed by atoms with van der Waals surface area (Å²) in [5, 5.41) is 0. The van der Waals surface area contributed by atoms with Gasteiger partial charge in [-0.15, -0.1) is 0 Å². The summed E-state index contributed by atoms with van der Waals surface area (Å²) in [5.41, 5.74) is 0. The normalized spacial score (nSPS) is 13.1. The maximum Gasteiger partial charge on any atom is 2.00 e. The fourth-order valence-corrected chi connectivity index (χ4v) is 1.57. The molecule has 7 heteroatoms. The molecule has 0 aliphatic rings. The van der Waals surface area contributed by atoms with E-state index >= 15 is 0 Å². The third-order valence-electron chi connectivity index (χ3n) is 1.33. The van der Waals surface area contributed by atoms with Gasteiger partial charge >= 0.3 is 19.5 Å². The molecule has 15 heavy (non-hydrogen) atoms. The second kappa shape index (κ2) is 17.2. The quantitative estimate of drug-likeness (QED) is 0.547. The van der Waals surface area contributed by atoms with Crippen LogP contribution in [-0.4, -0.2) is 29.0 Å². The van der Waals surface area contributed by atoms with Gasteiger partial charge in [-0.05, 0) is 12.8 Å². The minimum absolute atomic E-state index is 0. The molecule has 0 aromatic heterocycles. The van der Waals surface area contributed by atoms with Gasteiger partial charge in [0.05, 0.1) is 0 Å². The Labute approximate surface area is 110 Å².